The molecule has 5 heteroatoms. The summed E-state index contributed by atoms with van der Waals surface area (Å²) < 4.78 is 13.3. The van der Waals surface area contributed by atoms with Crippen LogP contribution in [0.5, 0.6) is 0 Å². The summed E-state index contributed by atoms with van der Waals surface area (Å²) in [6.07, 6.45) is 3.50. The van der Waals surface area contributed by atoms with Crippen molar-refractivity contribution >= 4 is 16.7 Å². The van der Waals surface area contributed by atoms with Gasteiger partial charge < -0.3 is 4.90 Å². The van der Waals surface area contributed by atoms with Crippen LogP contribution in [-0.4, -0.2) is 46.9 Å². The minimum absolute atomic E-state index is 0.0622. The number of hydrogen-bond acceptors (Lipinski definition) is 3. The largest absolute Gasteiger partial charge is 0.336 e. The van der Waals surface area contributed by atoms with Gasteiger partial charge in [-0.3, -0.25) is 14.7 Å². The molecule has 0 saturated carbocycles. The maximum Gasteiger partial charge on any atom is 0.254 e. The molecule has 1 aliphatic rings. The molecule has 1 aromatic heterocycles. The molecule has 2 aromatic carbocycles. The summed E-state index contributed by atoms with van der Waals surface area (Å²) >= 11 is 0. The molecule has 0 atom stereocenters. The van der Waals surface area contributed by atoms with Gasteiger partial charge in [0.05, 0.1) is 0 Å². The smallest absolute Gasteiger partial charge is 0.254 e. The van der Waals surface area contributed by atoms with E-state index >= 15 is 0 Å². The van der Waals surface area contributed by atoms with Gasteiger partial charge in [0.1, 0.15) is 5.82 Å². The van der Waals surface area contributed by atoms with Crippen molar-refractivity contribution in [1.29, 1.82) is 0 Å². The highest BCUT2D eigenvalue weighted by atomic mass is 19.1. The molecule has 26 heavy (non-hydrogen) atoms. The number of pyridine rings is 1. The van der Waals surface area contributed by atoms with E-state index in [4.69, 9.17) is 0 Å². The molecular weight excluding hydrogens is 329 g/mol. The van der Waals surface area contributed by atoms with Crippen LogP contribution in [-0.2, 0) is 6.54 Å². The number of fused-ring (bicyclic) bond motifs is 1. The highest BCUT2D eigenvalue weighted by Gasteiger charge is 2.23. The Bertz CT molecular complexity index is 930. The summed E-state index contributed by atoms with van der Waals surface area (Å²) in [5.41, 5.74) is 1.69. The fourth-order valence-corrected chi connectivity index (χ4v) is 3.48. The van der Waals surface area contributed by atoms with Crippen LogP contribution in [0, 0.1) is 5.82 Å². The summed E-state index contributed by atoms with van der Waals surface area (Å²) in [4.78, 5) is 21.2. The highest BCUT2D eigenvalue weighted by molar-refractivity contribution is 6.06. The fourth-order valence-electron chi connectivity index (χ4n) is 3.48. The molecule has 3 aromatic rings. The molecule has 0 aliphatic carbocycles. The highest BCUT2D eigenvalue weighted by Crippen LogP contribution is 2.20. The number of piperazine rings is 1. The van der Waals surface area contributed by atoms with Crippen molar-refractivity contribution < 1.29 is 9.18 Å². The Hall–Kier alpha value is -2.79. The first-order chi connectivity index (χ1) is 12.7. The third kappa shape index (κ3) is 3.44. The molecule has 0 bridgehead atoms. The minimum atomic E-state index is -0.207. The standard InChI is InChI=1S/C21H20FN3O/c22-18-5-1-3-16(13-18)15-24-9-11-25(12-10-24)21(26)20-6-2-4-17-14-23-8-7-19(17)20/h1-8,13-14H,9-12,15H2. The molecule has 4 nitrogen and oxygen atoms in total. The number of nitrogens with zero attached hydrogens (tertiary/aromatic N) is 3. The predicted octanol–water partition coefficient (Wildman–Crippen LogP) is 3.33. The van der Waals surface area contributed by atoms with Gasteiger partial charge in [-0.2, -0.15) is 0 Å². The number of carbonyl (C=O) groups excluding carboxylic acids is 1. The summed E-state index contributed by atoms with van der Waals surface area (Å²) in [5.74, 6) is -0.144. The van der Waals surface area contributed by atoms with Crippen molar-refractivity contribution in [2.45, 2.75) is 6.54 Å². The molecule has 1 fully saturated rings. The zero-order chi connectivity index (χ0) is 17.9. The van der Waals surface area contributed by atoms with Gasteiger partial charge >= 0.3 is 0 Å². The van der Waals surface area contributed by atoms with Crippen molar-refractivity contribution in [3.63, 3.8) is 0 Å². The summed E-state index contributed by atoms with van der Waals surface area (Å²) in [7, 11) is 0. The SMILES string of the molecule is O=C(c1cccc2cnccc12)N1CCN(Cc2cccc(F)c2)CC1. The van der Waals surface area contributed by atoms with Crippen LogP contribution < -0.4 is 0 Å². The number of aromatic nitrogens is 1. The van der Waals surface area contributed by atoms with Crippen LogP contribution in [0.25, 0.3) is 10.8 Å². The van der Waals surface area contributed by atoms with Gasteiger partial charge in [-0.1, -0.05) is 24.3 Å². The van der Waals surface area contributed by atoms with Crippen LogP contribution >= 0.6 is 0 Å². The molecule has 0 N–H and O–H groups in total. The zero-order valence-corrected chi connectivity index (χ0v) is 14.4. The van der Waals surface area contributed by atoms with Gasteiger partial charge in [0.2, 0.25) is 0 Å². The van der Waals surface area contributed by atoms with Gasteiger partial charge in [0, 0.05) is 56.1 Å². The monoisotopic (exact) mass is 349 g/mol. The number of hydrogen-bond donors (Lipinski definition) is 0. The quantitative estimate of drug-likeness (QED) is 0.728. The van der Waals surface area contributed by atoms with Crippen molar-refractivity contribution in [3.8, 4) is 0 Å². The van der Waals surface area contributed by atoms with E-state index in [-0.39, 0.29) is 11.7 Å². The van der Waals surface area contributed by atoms with Crippen molar-refractivity contribution in [2.24, 2.45) is 0 Å². The van der Waals surface area contributed by atoms with Gasteiger partial charge in [0.15, 0.2) is 0 Å². The lowest BCUT2D eigenvalue weighted by Gasteiger charge is -2.35. The van der Waals surface area contributed by atoms with Gasteiger partial charge in [-0.05, 0) is 35.2 Å². The Balaban J connectivity index is 1.43. The topological polar surface area (TPSA) is 36.4 Å². The zero-order valence-electron chi connectivity index (χ0n) is 14.4. The third-order valence-corrected chi connectivity index (χ3v) is 4.87. The van der Waals surface area contributed by atoms with E-state index in [1.807, 2.05) is 35.2 Å². The summed E-state index contributed by atoms with van der Waals surface area (Å²) in [5, 5.41) is 1.91. The first-order valence-corrected chi connectivity index (χ1v) is 8.79. The lowest BCUT2D eigenvalue weighted by Crippen LogP contribution is -2.48. The molecule has 1 amide bonds. The molecule has 0 spiro atoms. The van der Waals surface area contributed by atoms with Crippen LogP contribution in [0.4, 0.5) is 4.39 Å². The van der Waals surface area contributed by atoms with E-state index in [1.54, 1.807) is 24.5 Å². The lowest BCUT2D eigenvalue weighted by atomic mass is 10.1. The van der Waals surface area contributed by atoms with E-state index in [2.05, 4.69) is 9.88 Å². The van der Waals surface area contributed by atoms with Gasteiger partial charge in [-0.15, -0.1) is 0 Å². The van der Waals surface area contributed by atoms with Crippen molar-refractivity contribution in [2.75, 3.05) is 26.2 Å². The number of amides is 1. The van der Waals surface area contributed by atoms with E-state index in [0.29, 0.717) is 19.6 Å². The molecule has 4 rings (SSSR count). The summed E-state index contributed by atoms with van der Waals surface area (Å²) in [6.45, 7) is 3.63. The molecule has 0 unspecified atom stereocenters. The number of rotatable bonds is 3. The average molecular weight is 349 g/mol. The van der Waals surface area contributed by atoms with Crippen LogP contribution in [0.2, 0.25) is 0 Å². The Morgan fingerprint density at radius 1 is 1.04 bits per heavy atom. The number of carbonyl (C=O) groups is 1. The molecule has 1 aliphatic heterocycles. The molecule has 1 saturated heterocycles. The van der Waals surface area contributed by atoms with Crippen LogP contribution in [0.3, 0.4) is 0 Å². The average Bonchev–Trinajstić information content (AvgIpc) is 2.68. The third-order valence-electron chi connectivity index (χ3n) is 4.87. The van der Waals surface area contributed by atoms with Crippen LogP contribution in [0.15, 0.2) is 60.9 Å². The van der Waals surface area contributed by atoms with Gasteiger partial charge in [-0.25, -0.2) is 4.39 Å². The van der Waals surface area contributed by atoms with Crippen molar-refractivity contribution in [3.05, 3.63) is 77.9 Å². The van der Waals surface area contributed by atoms with E-state index in [0.717, 1.165) is 35.0 Å². The predicted molar refractivity (Wildman–Crippen MR) is 99.3 cm³/mol. The second-order valence-corrected chi connectivity index (χ2v) is 6.60. The number of benzene rings is 2. The Labute approximate surface area is 151 Å². The summed E-state index contributed by atoms with van der Waals surface area (Å²) in [6, 6.07) is 14.3. The maximum absolute atomic E-state index is 13.3. The van der Waals surface area contributed by atoms with E-state index in [9.17, 15) is 9.18 Å². The first-order valence-electron chi connectivity index (χ1n) is 8.79. The van der Waals surface area contributed by atoms with Gasteiger partial charge in [0.25, 0.3) is 5.91 Å². The molecule has 2 heterocycles. The number of halogens is 1. The van der Waals surface area contributed by atoms with Crippen LogP contribution in [0.1, 0.15) is 15.9 Å². The normalized spacial score (nSPS) is 15.3. The molecule has 0 radical (unpaired) electrons. The van der Waals surface area contributed by atoms with Crippen molar-refractivity contribution in [1.82, 2.24) is 14.8 Å². The Morgan fingerprint density at radius 3 is 2.65 bits per heavy atom. The maximum atomic E-state index is 13.3. The fraction of sp³-hybridized carbons (Fsp3) is 0.238. The second kappa shape index (κ2) is 7.22. The lowest BCUT2D eigenvalue weighted by molar-refractivity contribution is 0.0630. The molecule has 132 valence electrons. The minimum Gasteiger partial charge on any atom is -0.336 e. The second-order valence-electron chi connectivity index (χ2n) is 6.60. The van der Waals surface area contributed by atoms with E-state index < -0.39 is 0 Å². The molecular formula is C21H20FN3O. The van der Waals surface area contributed by atoms with E-state index in [1.165, 1.54) is 6.07 Å². The Kier molecular flexibility index (Phi) is 4.63. The first kappa shape index (κ1) is 16.7. The Morgan fingerprint density at radius 2 is 1.85 bits per heavy atom.